The lowest BCUT2D eigenvalue weighted by Gasteiger charge is -2.12. The van der Waals surface area contributed by atoms with Crippen molar-refractivity contribution in [2.24, 2.45) is 0 Å². The highest BCUT2D eigenvalue weighted by Gasteiger charge is 2.09. The van der Waals surface area contributed by atoms with Crippen LogP contribution in [0, 0.1) is 6.92 Å². The number of hydrogen-bond acceptors (Lipinski definition) is 4. The Morgan fingerprint density at radius 2 is 1.86 bits per heavy atom. The summed E-state index contributed by atoms with van der Waals surface area (Å²) in [5.41, 5.74) is 0.967. The van der Waals surface area contributed by atoms with E-state index in [-0.39, 0.29) is 5.78 Å². The number of carbonyl (C=O) groups is 1. The van der Waals surface area contributed by atoms with Crippen molar-refractivity contribution in [3.63, 3.8) is 0 Å². The second kappa shape index (κ2) is 6.59. The molecular formula is C16H16ClNO3. The third-order valence-corrected chi connectivity index (χ3v) is 3.14. The number of rotatable bonds is 5. The molecule has 5 heteroatoms. The van der Waals surface area contributed by atoms with E-state index in [0.717, 1.165) is 5.56 Å². The molecule has 4 nitrogen and oxygen atoms in total. The van der Waals surface area contributed by atoms with Crippen LogP contribution in [0.3, 0.4) is 0 Å². The fraction of sp³-hybridized carbons (Fsp3) is 0.250. The van der Waals surface area contributed by atoms with Gasteiger partial charge in [-0.2, -0.15) is 0 Å². The van der Waals surface area contributed by atoms with E-state index in [1.54, 1.807) is 43.5 Å². The monoisotopic (exact) mass is 305 g/mol. The first kappa shape index (κ1) is 15.3. The zero-order valence-electron chi connectivity index (χ0n) is 12.1. The zero-order chi connectivity index (χ0) is 15.4. The summed E-state index contributed by atoms with van der Waals surface area (Å²) in [6, 6.07) is 8.73. The molecule has 0 N–H and O–H groups in total. The molecule has 1 aromatic carbocycles. The molecule has 1 aromatic heterocycles. The predicted molar refractivity (Wildman–Crippen MR) is 81.3 cm³/mol. The smallest absolute Gasteiger partial charge is 0.238 e. The van der Waals surface area contributed by atoms with Crippen molar-refractivity contribution in [2.45, 2.75) is 26.9 Å². The molecule has 0 radical (unpaired) electrons. The fourth-order valence-electron chi connectivity index (χ4n) is 1.58. The minimum atomic E-state index is -0.468. The maximum absolute atomic E-state index is 11.1. The Kier molecular flexibility index (Phi) is 4.81. The van der Waals surface area contributed by atoms with Crippen LogP contribution in [0.15, 0.2) is 36.5 Å². The molecule has 0 amide bonds. The van der Waals surface area contributed by atoms with Gasteiger partial charge < -0.3 is 9.47 Å². The van der Waals surface area contributed by atoms with Crippen LogP contribution in [0.5, 0.6) is 17.4 Å². The van der Waals surface area contributed by atoms with Gasteiger partial charge in [0, 0.05) is 6.20 Å². The van der Waals surface area contributed by atoms with E-state index in [1.807, 2.05) is 6.92 Å². The molecule has 2 aromatic rings. The summed E-state index contributed by atoms with van der Waals surface area (Å²) in [5, 5.41) is 0.459. The summed E-state index contributed by atoms with van der Waals surface area (Å²) in [6.07, 6.45) is 1.22. The summed E-state index contributed by atoms with van der Waals surface area (Å²) in [6.45, 7) is 5.11. The van der Waals surface area contributed by atoms with Crippen molar-refractivity contribution in [3.8, 4) is 17.4 Å². The molecule has 0 fully saturated rings. The molecule has 0 saturated heterocycles. The van der Waals surface area contributed by atoms with Crippen molar-refractivity contribution in [1.82, 2.24) is 4.98 Å². The van der Waals surface area contributed by atoms with E-state index in [1.165, 1.54) is 6.92 Å². The molecule has 0 bridgehead atoms. The first-order valence-electron chi connectivity index (χ1n) is 6.53. The highest BCUT2D eigenvalue weighted by atomic mass is 35.5. The number of carbonyl (C=O) groups excluding carboxylic acids is 1. The van der Waals surface area contributed by atoms with Crippen LogP contribution >= 0.6 is 11.6 Å². The van der Waals surface area contributed by atoms with Crippen molar-refractivity contribution in [1.29, 1.82) is 0 Å². The lowest BCUT2D eigenvalue weighted by atomic mass is 10.3. The summed E-state index contributed by atoms with van der Waals surface area (Å²) in [5.74, 6) is 1.53. The molecule has 0 aliphatic heterocycles. The molecule has 0 aliphatic rings. The van der Waals surface area contributed by atoms with Gasteiger partial charge in [-0.1, -0.05) is 11.6 Å². The van der Waals surface area contributed by atoms with Gasteiger partial charge in [-0.25, -0.2) is 4.98 Å². The Morgan fingerprint density at radius 3 is 2.43 bits per heavy atom. The quantitative estimate of drug-likeness (QED) is 0.831. The van der Waals surface area contributed by atoms with Crippen molar-refractivity contribution < 1.29 is 14.3 Å². The Hall–Kier alpha value is -2.07. The lowest BCUT2D eigenvalue weighted by Crippen LogP contribution is -2.20. The number of hydrogen-bond donors (Lipinski definition) is 0. The highest BCUT2D eigenvalue weighted by Crippen LogP contribution is 2.28. The van der Waals surface area contributed by atoms with Crippen molar-refractivity contribution in [3.05, 3.63) is 47.1 Å². The highest BCUT2D eigenvalue weighted by molar-refractivity contribution is 6.31. The predicted octanol–water partition coefficient (Wildman–Crippen LogP) is 4.19. The minimum absolute atomic E-state index is 0.0223. The van der Waals surface area contributed by atoms with E-state index in [9.17, 15) is 4.79 Å². The van der Waals surface area contributed by atoms with Gasteiger partial charge >= 0.3 is 0 Å². The molecule has 1 heterocycles. The number of ketones is 1. The van der Waals surface area contributed by atoms with Gasteiger partial charge in [0.15, 0.2) is 11.9 Å². The number of aromatic nitrogens is 1. The maximum atomic E-state index is 11.1. The molecule has 2 rings (SSSR count). The van der Waals surface area contributed by atoms with Crippen LogP contribution in [0.4, 0.5) is 0 Å². The number of ether oxygens (including phenoxy) is 2. The number of benzene rings is 1. The van der Waals surface area contributed by atoms with Crippen LogP contribution in [0.2, 0.25) is 5.02 Å². The van der Waals surface area contributed by atoms with E-state index < -0.39 is 6.10 Å². The number of pyridine rings is 1. The molecule has 110 valence electrons. The molecule has 1 unspecified atom stereocenters. The number of aryl methyl sites for hydroxylation is 1. The van der Waals surface area contributed by atoms with Crippen molar-refractivity contribution >= 4 is 17.4 Å². The van der Waals surface area contributed by atoms with E-state index in [0.29, 0.717) is 22.4 Å². The van der Waals surface area contributed by atoms with E-state index in [4.69, 9.17) is 21.1 Å². The number of nitrogens with zero attached hydrogens (tertiary/aromatic N) is 1. The molecule has 0 saturated carbocycles. The average molecular weight is 306 g/mol. The Balaban J connectivity index is 2.07. The minimum Gasteiger partial charge on any atom is -0.483 e. The molecule has 21 heavy (non-hydrogen) atoms. The topological polar surface area (TPSA) is 48.4 Å². The van der Waals surface area contributed by atoms with Crippen LogP contribution in [0.1, 0.15) is 19.4 Å². The summed E-state index contributed by atoms with van der Waals surface area (Å²) in [7, 11) is 0. The standard InChI is InChI=1S/C16H16ClNO3/c1-10-8-15(17)16(18-9-10)21-14-6-4-13(5-7-14)20-12(3)11(2)19/h4-9,12H,1-3H3. The van der Waals surface area contributed by atoms with Crippen molar-refractivity contribution in [2.75, 3.05) is 0 Å². The van der Waals surface area contributed by atoms with Crippen LogP contribution in [-0.4, -0.2) is 16.9 Å². The number of Topliss-reactive ketones (excluding diaryl/α,β-unsaturated/α-hetero) is 1. The molecule has 1 atom stereocenters. The Bertz CT molecular complexity index is 640. The maximum Gasteiger partial charge on any atom is 0.238 e. The first-order chi connectivity index (χ1) is 9.95. The summed E-state index contributed by atoms with van der Waals surface area (Å²) < 4.78 is 11.1. The van der Waals surface area contributed by atoms with Gasteiger partial charge in [-0.3, -0.25) is 4.79 Å². The van der Waals surface area contributed by atoms with Gasteiger partial charge in [0.05, 0.1) is 0 Å². The van der Waals surface area contributed by atoms with Gasteiger partial charge in [-0.15, -0.1) is 0 Å². The van der Waals surface area contributed by atoms with Crippen LogP contribution in [-0.2, 0) is 4.79 Å². The van der Waals surface area contributed by atoms with Gasteiger partial charge in [0.25, 0.3) is 0 Å². The third kappa shape index (κ3) is 4.20. The second-order valence-corrected chi connectivity index (χ2v) is 5.15. The van der Waals surface area contributed by atoms with E-state index in [2.05, 4.69) is 4.98 Å². The van der Waals surface area contributed by atoms with Crippen LogP contribution in [0.25, 0.3) is 0 Å². The van der Waals surface area contributed by atoms with Gasteiger partial charge in [0.2, 0.25) is 5.88 Å². The lowest BCUT2D eigenvalue weighted by molar-refractivity contribution is -0.122. The SMILES string of the molecule is CC(=O)C(C)Oc1ccc(Oc2ncc(C)cc2Cl)cc1. The first-order valence-corrected chi connectivity index (χ1v) is 6.90. The molecular weight excluding hydrogens is 290 g/mol. The summed E-state index contributed by atoms with van der Waals surface area (Å²) in [4.78, 5) is 15.3. The normalized spacial score (nSPS) is 11.8. The fourth-order valence-corrected chi connectivity index (χ4v) is 1.84. The average Bonchev–Trinajstić information content (AvgIpc) is 2.43. The summed E-state index contributed by atoms with van der Waals surface area (Å²) >= 11 is 6.06. The molecule has 0 spiro atoms. The van der Waals surface area contributed by atoms with E-state index >= 15 is 0 Å². The van der Waals surface area contributed by atoms with Crippen LogP contribution < -0.4 is 9.47 Å². The van der Waals surface area contributed by atoms with Gasteiger partial charge in [0.1, 0.15) is 16.5 Å². The van der Waals surface area contributed by atoms with Gasteiger partial charge in [-0.05, 0) is 56.7 Å². The zero-order valence-corrected chi connectivity index (χ0v) is 12.8. The largest absolute Gasteiger partial charge is 0.483 e. The Morgan fingerprint density at radius 1 is 1.24 bits per heavy atom. The molecule has 0 aliphatic carbocycles. The third-order valence-electron chi connectivity index (χ3n) is 2.87. The second-order valence-electron chi connectivity index (χ2n) is 4.74. The Labute approximate surface area is 128 Å². The number of halogens is 1.